The first-order chi connectivity index (χ1) is 8.52. The van der Waals surface area contributed by atoms with Crippen molar-refractivity contribution in [2.45, 2.75) is 26.4 Å². The summed E-state index contributed by atoms with van der Waals surface area (Å²) in [5, 5.41) is 0. The molecule has 5 nitrogen and oxygen atoms in total. The van der Waals surface area contributed by atoms with Crippen molar-refractivity contribution >= 4 is 5.82 Å². The van der Waals surface area contributed by atoms with Gasteiger partial charge in [0.25, 0.3) is 6.43 Å². The van der Waals surface area contributed by atoms with Gasteiger partial charge < -0.3 is 15.4 Å². The van der Waals surface area contributed by atoms with E-state index in [2.05, 4.69) is 9.97 Å². The molecule has 0 aliphatic heterocycles. The highest BCUT2D eigenvalue weighted by atomic mass is 19.3. The van der Waals surface area contributed by atoms with Crippen LogP contribution in [0.3, 0.4) is 0 Å². The van der Waals surface area contributed by atoms with Gasteiger partial charge in [-0.15, -0.1) is 0 Å². The summed E-state index contributed by atoms with van der Waals surface area (Å²) in [5.41, 5.74) is 5.40. The second-order valence-corrected chi connectivity index (χ2v) is 4.01. The first-order valence-electron chi connectivity index (χ1n) is 5.74. The molecule has 1 heterocycles. The van der Waals surface area contributed by atoms with Crippen molar-refractivity contribution in [2.24, 2.45) is 5.73 Å². The number of alkyl halides is 2. The third kappa shape index (κ3) is 4.79. The molecule has 7 heteroatoms. The molecule has 0 fully saturated rings. The Morgan fingerprint density at radius 1 is 1.39 bits per heavy atom. The largest absolute Gasteiger partial charge is 0.475 e. The van der Waals surface area contributed by atoms with E-state index in [-0.39, 0.29) is 12.6 Å². The van der Waals surface area contributed by atoms with Gasteiger partial charge in [0.15, 0.2) is 0 Å². The number of anilines is 1. The van der Waals surface area contributed by atoms with Crippen molar-refractivity contribution < 1.29 is 13.5 Å². The number of hydrogen-bond acceptors (Lipinski definition) is 5. The Morgan fingerprint density at radius 2 is 2.11 bits per heavy atom. The topological polar surface area (TPSA) is 64.3 Å². The molecule has 102 valence electrons. The number of hydrogen-bond donors (Lipinski definition) is 1. The minimum Gasteiger partial charge on any atom is -0.475 e. The molecule has 0 radical (unpaired) electrons. The SMILES string of the molecule is CC(C)Oc1cc(N(CCN)CC(F)F)ncn1. The Bertz CT molecular complexity index is 363. The number of ether oxygens (including phenoxy) is 1. The molecule has 0 aliphatic rings. The molecule has 0 bridgehead atoms. The zero-order valence-electron chi connectivity index (χ0n) is 10.5. The lowest BCUT2D eigenvalue weighted by Gasteiger charge is -2.22. The molecule has 2 N–H and O–H groups in total. The molecule has 0 aliphatic carbocycles. The molecule has 0 unspecified atom stereocenters. The lowest BCUT2D eigenvalue weighted by atomic mass is 10.4. The van der Waals surface area contributed by atoms with Crippen molar-refractivity contribution in [3.8, 4) is 5.88 Å². The van der Waals surface area contributed by atoms with Crippen LogP contribution in [-0.2, 0) is 0 Å². The van der Waals surface area contributed by atoms with Crippen LogP contribution >= 0.6 is 0 Å². The van der Waals surface area contributed by atoms with Crippen LogP contribution in [0.5, 0.6) is 5.88 Å². The number of aromatic nitrogens is 2. The molecule has 18 heavy (non-hydrogen) atoms. The van der Waals surface area contributed by atoms with Gasteiger partial charge in [-0.25, -0.2) is 18.7 Å². The first kappa shape index (κ1) is 14.6. The van der Waals surface area contributed by atoms with Gasteiger partial charge in [-0.2, -0.15) is 0 Å². The summed E-state index contributed by atoms with van der Waals surface area (Å²) in [6.07, 6.45) is -1.19. The van der Waals surface area contributed by atoms with Gasteiger partial charge >= 0.3 is 0 Å². The van der Waals surface area contributed by atoms with E-state index in [4.69, 9.17) is 10.5 Å². The second-order valence-electron chi connectivity index (χ2n) is 4.01. The summed E-state index contributed by atoms with van der Waals surface area (Å²) in [7, 11) is 0. The third-order valence-electron chi connectivity index (χ3n) is 2.07. The molecule has 1 aromatic heterocycles. The average molecular weight is 260 g/mol. The standard InChI is InChI=1S/C11H18F2N4O/c1-8(2)18-11-5-10(15-7-16-11)17(4-3-14)6-9(12)13/h5,7-9H,3-4,6,14H2,1-2H3. The zero-order chi connectivity index (χ0) is 13.5. The van der Waals surface area contributed by atoms with Gasteiger partial charge in [0.2, 0.25) is 5.88 Å². The minimum absolute atomic E-state index is 0.0363. The highest BCUT2D eigenvalue weighted by Gasteiger charge is 2.14. The van der Waals surface area contributed by atoms with E-state index < -0.39 is 13.0 Å². The van der Waals surface area contributed by atoms with Crippen LogP contribution in [0.15, 0.2) is 12.4 Å². The fourth-order valence-corrected chi connectivity index (χ4v) is 1.43. The van der Waals surface area contributed by atoms with E-state index in [1.807, 2.05) is 13.8 Å². The van der Waals surface area contributed by atoms with Gasteiger partial charge in [-0.05, 0) is 13.8 Å². The average Bonchev–Trinajstić information content (AvgIpc) is 2.27. The van der Waals surface area contributed by atoms with Crippen molar-refractivity contribution in [2.75, 3.05) is 24.5 Å². The molecule has 0 saturated heterocycles. The maximum absolute atomic E-state index is 12.4. The molecule has 1 rings (SSSR count). The highest BCUT2D eigenvalue weighted by molar-refractivity contribution is 5.40. The number of rotatable bonds is 7. The third-order valence-corrected chi connectivity index (χ3v) is 2.07. The maximum Gasteiger partial charge on any atom is 0.255 e. The molecular weight excluding hydrogens is 242 g/mol. The highest BCUT2D eigenvalue weighted by Crippen LogP contribution is 2.17. The van der Waals surface area contributed by atoms with Gasteiger partial charge in [-0.3, -0.25) is 0 Å². The quantitative estimate of drug-likeness (QED) is 0.800. The fraction of sp³-hybridized carbons (Fsp3) is 0.636. The Kier molecular flexibility index (Phi) is 5.70. The van der Waals surface area contributed by atoms with Crippen molar-refractivity contribution in [1.82, 2.24) is 9.97 Å². The van der Waals surface area contributed by atoms with Gasteiger partial charge in [0.1, 0.15) is 12.1 Å². The van der Waals surface area contributed by atoms with Crippen molar-refractivity contribution in [1.29, 1.82) is 0 Å². The van der Waals surface area contributed by atoms with E-state index in [0.29, 0.717) is 18.2 Å². The van der Waals surface area contributed by atoms with E-state index in [0.717, 1.165) is 0 Å². The molecule has 0 aromatic carbocycles. The lowest BCUT2D eigenvalue weighted by molar-refractivity contribution is 0.154. The number of nitrogens with two attached hydrogens (primary N) is 1. The molecule has 0 saturated carbocycles. The second kappa shape index (κ2) is 7.05. The summed E-state index contributed by atoms with van der Waals surface area (Å²) in [4.78, 5) is 9.30. The van der Waals surface area contributed by atoms with E-state index in [1.54, 1.807) is 0 Å². The van der Waals surface area contributed by atoms with Gasteiger partial charge in [0, 0.05) is 19.2 Å². The van der Waals surface area contributed by atoms with Crippen LogP contribution in [0.2, 0.25) is 0 Å². The van der Waals surface area contributed by atoms with Crippen LogP contribution < -0.4 is 15.4 Å². The summed E-state index contributed by atoms with van der Waals surface area (Å²) >= 11 is 0. The van der Waals surface area contributed by atoms with Crippen LogP contribution in [0.25, 0.3) is 0 Å². The van der Waals surface area contributed by atoms with Crippen LogP contribution in [0.1, 0.15) is 13.8 Å². The fourth-order valence-electron chi connectivity index (χ4n) is 1.43. The summed E-state index contributed by atoms with van der Waals surface area (Å²) in [6.45, 7) is 3.89. The van der Waals surface area contributed by atoms with Gasteiger partial charge in [-0.1, -0.05) is 0 Å². The molecule has 0 spiro atoms. The Balaban J connectivity index is 2.83. The van der Waals surface area contributed by atoms with E-state index in [1.165, 1.54) is 17.3 Å². The van der Waals surface area contributed by atoms with Crippen LogP contribution in [0.4, 0.5) is 14.6 Å². The smallest absolute Gasteiger partial charge is 0.255 e. The Morgan fingerprint density at radius 3 is 2.67 bits per heavy atom. The normalized spacial score (nSPS) is 11.1. The zero-order valence-corrected chi connectivity index (χ0v) is 10.5. The number of nitrogens with zero attached hydrogens (tertiary/aromatic N) is 3. The summed E-state index contributed by atoms with van der Waals surface area (Å²) in [6, 6.07) is 1.54. The summed E-state index contributed by atoms with van der Waals surface area (Å²) in [5.74, 6) is 0.762. The molecule has 1 aromatic rings. The minimum atomic E-state index is -2.44. The van der Waals surface area contributed by atoms with Gasteiger partial charge in [0.05, 0.1) is 12.6 Å². The molecule has 0 atom stereocenters. The predicted octanol–water partition coefficient (Wildman–Crippen LogP) is 1.29. The monoisotopic (exact) mass is 260 g/mol. The van der Waals surface area contributed by atoms with Crippen molar-refractivity contribution in [3.05, 3.63) is 12.4 Å². The van der Waals surface area contributed by atoms with Crippen LogP contribution in [0, 0.1) is 0 Å². The van der Waals surface area contributed by atoms with E-state index >= 15 is 0 Å². The van der Waals surface area contributed by atoms with Crippen LogP contribution in [-0.4, -0.2) is 42.1 Å². The lowest BCUT2D eigenvalue weighted by Crippen LogP contribution is -2.34. The number of halogens is 2. The van der Waals surface area contributed by atoms with E-state index in [9.17, 15) is 8.78 Å². The maximum atomic E-state index is 12.4. The molecular formula is C11H18F2N4O. The van der Waals surface area contributed by atoms with Crippen molar-refractivity contribution in [3.63, 3.8) is 0 Å². The Labute approximate surface area is 105 Å². The first-order valence-corrected chi connectivity index (χ1v) is 5.74. The Hall–Kier alpha value is -1.50. The molecule has 0 amide bonds. The predicted molar refractivity (Wildman–Crippen MR) is 65.1 cm³/mol. The summed E-state index contributed by atoms with van der Waals surface area (Å²) < 4.78 is 30.3.